The van der Waals surface area contributed by atoms with Gasteiger partial charge in [0.1, 0.15) is 23.6 Å². The van der Waals surface area contributed by atoms with Gasteiger partial charge in [-0.15, -0.1) is 0 Å². The molecule has 1 aliphatic heterocycles. The average molecular weight is 336 g/mol. The molecule has 0 bridgehead atoms. The van der Waals surface area contributed by atoms with Gasteiger partial charge in [0, 0.05) is 12.6 Å². The molecular weight excluding hydrogens is 320 g/mol. The minimum absolute atomic E-state index is 0.262. The maximum absolute atomic E-state index is 12.7. The van der Waals surface area contributed by atoms with E-state index in [0.29, 0.717) is 48.2 Å². The van der Waals surface area contributed by atoms with Gasteiger partial charge < -0.3 is 9.30 Å². The van der Waals surface area contributed by atoms with E-state index >= 15 is 0 Å². The minimum atomic E-state index is -0.262. The smallest absolute Gasteiger partial charge is 0.276 e. The number of nitrogens with zero attached hydrogens (tertiary/aromatic N) is 5. The van der Waals surface area contributed by atoms with Crippen molar-refractivity contribution >= 4 is 22.9 Å². The quantitative estimate of drug-likeness (QED) is 0.789. The summed E-state index contributed by atoms with van der Waals surface area (Å²) in [6, 6.07) is 7.24. The van der Waals surface area contributed by atoms with Gasteiger partial charge in [-0.3, -0.25) is 14.8 Å². The third-order valence-corrected chi connectivity index (χ3v) is 4.17. The van der Waals surface area contributed by atoms with Gasteiger partial charge in [0.2, 0.25) is 5.95 Å². The molecule has 1 amide bonds. The van der Waals surface area contributed by atoms with Gasteiger partial charge >= 0.3 is 0 Å². The number of rotatable bonds is 3. The molecule has 0 aliphatic carbocycles. The molecule has 25 heavy (non-hydrogen) atoms. The van der Waals surface area contributed by atoms with Gasteiger partial charge in [-0.1, -0.05) is 0 Å². The monoisotopic (exact) mass is 336 g/mol. The van der Waals surface area contributed by atoms with Crippen molar-refractivity contribution in [2.24, 2.45) is 0 Å². The lowest BCUT2D eigenvalue weighted by atomic mass is 10.2. The number of amides is 1. The van der Waals surface area contributed by atoms with E-state index < -0.39 is 0 Å². The molecular formula is C17H16N6O2. The first-order valence-corrected chi connectivity index (χ1v) is 8.03. The molecule has 0 atom stereocenters. The molecule has 1 N–H and O–H groups in total. The number of aryl methyl sites for hydroxylation is 2. The Morgan fingerprint density at radius 3 is 3.04 bits per heavy atom. The van der Waals surface area contributed by atoms with Crippen molar-refractivity contribution in [1.29, 1.82) is 5.26 Å². The first-order chi connectivity index (χ1) is 12.1. The Balaban J connectivity index is 1.76. The van der Waals surface area contributed by atoms with Crippen LogP contribution in [-0.2, 0) is 13.1 Å². The summed E-state index contributed by atoms with van der Waals surface area (Å²) in [5, 5.41) is 16.3. The zero-order valence-electron chi connectivity index (χ0n) is 13.9. The molecule has 3 aromatic rings. The normalized spacial score (nSPS) is 12.7. The average Bonchev–Trinajstić information content (AvgIpc) is 3.16. The molecule has 0 radical (unpaired) electrons. The van der Waals surface area contributed by atoms with Crippen LogP contribution in [-0.4, -0.2) is 31.8 Å². The van der Waals surface area contributed by atoms with E-state index in [2.05, 4.69) is 21.5 Å². The minimum Gasteiger partial charge on any atom is -0.489 e. The van der Waals surface area contributed by atoms with Crippen molar-refractivity contribution in [2.75, 3.05) is 11.9 Å². The maximum atomic E-state index is 12.7. The SMILES string of the molecule is CCn1nc(C)cc1C(=O)Nc1nc2cc(C#N)cc3c2n1CCO3. The van der Waals surface area contributed by atoms with Crippen molar-refractivity contribution < 1.29 is 9.53 Å². The van der Waals surface area contributed by atoms with Crippen LogP contribution in [0, 0.1) is 18.3 Å². The fourth-order valence-corrected chi connectivity index (χ4v) is 3.10. The van der Waals surface area contributed by atoms with Gasteiger partial charge in [-0.05, 0) is 26.0 Å². The van der Waals surface area contributed by atoms with E-state index in [4.69, 9.17) is 10.00 Å². The number of hydrogen-bond acceptors (Lipinski definition) is 5. The Bertz CT molecular complexity index is 1040. The van der Waals surface area contributed by atoms with Crippen LogP contribution in [0.15, 0.2) is 18.2 Å². The van der Waals surface area contributed by atoms with Crippen LogP contribution in [0.2, 0.25) is 0 Å². The Hall–Kier alpha value is -3.34. The molecule has 8 nitrogen and oxygen atoms in total. The predicted molar refractivity (Wildman–Crippen MR) is 90.5 cm³/mol. The van der Waals surface area contributed by atoms with E-state index in [9.17, 15) is 4.79 Å². The molecule has 126 valence electrons. The highest BCUT2D eigenvalue weighted by atomic mass is 16.5. The van der Waals surface area contributed by atoms with E-state index in [-0.39, 0.29) is 5.91 Å². The van der Waals surface area contributed by atoms with Crippen LogP contribution in [0.4, 0.5) is 5.95 Å². The fourth-order valence-electron chi connectivity index (χ4n) is 3.10. The van der Waals surface area contributed by atoms with Gasteiger partial charge in [0.05, 0.1) is 29.4 Å². The van der Waals surface area contributed by atoms with Crippen molar-refractivity contribution in [3.8, 4) is 11.8 Å². The highest BCUT2D eigenvalue weighted by Crippen LogP contribution is 2.33. The predicted octanol–water partition coefficient (Wildman–Crippen LogP) is 2.08. The van der Waals surface area contributed by atoms with Crippen LogP contribution in [0.3, 0.4) is 0 Å². The van der Waals surface area contributed by atoms with Crippen LogP contribution in [0.25, 0.3) is 11.0 Å². The van der Waals surface area contributed by atoms with E-state index in [1.165, 1.54) is 0 Å². The third-order valence-electron chi connectivity index (χ3n) is 4.17. The summed E-state index contributed by atoms with van der Waals surface area (Å²) in [6.45, 7) is 5.43. The Morgan fingerprint density at radius 1 is 1.44 bits per heavy atom. The fraction of sp³-hybridized carbons (Fsp3) is 0.294. The second kappa shape index (κ2) is 5.63. The first kappa shape index (κ1) is 15.2. The summed E-state index contributed by atoms with van der Waals surface area (Å²) < 4.78 is 9.21. The van der Waals surface area contributed by atoms with E-state index in [1.54, 1.807) is 22.9 Å². The topological polar surface area (TPSA) is 97.8 Å². The number of carbonyl (C=O) groups excluding carboxylic acids is 1. The van der Waals surface area contributed by atoms with Crippen LogP contribution >= 0.6 is 0 Å². The zero-order valence-corrected chi connectivity index (χ0v) is 13.9. The number of aromatic nitrogens is 4. The summed E-state index contributed by atoms with van der Waals surface area (Å²) in [4.78, 5) is 17.2. The number of ether oxygens (including phenoxy) is 1. The number of anilines is 1. The summed E-state index contributed by atoms with van der Waals surface area (Å²) >= 11 is 0. The summed E-state index contributed by atoms with van der Waals surface area (Å²) in [5.74, 6) is 0.798. The third kappa shape index (κ3) is 2.41. The Labute approximate surface area is 143 Å². The van der Waals surface area contributed by atoms with Gasteiger partial charge in [0.25, 0.3) is 5.91 Å². The molecule has 4 rings (SSSR count). The molecule has 1 aliphatic rings. The molecule has 0 saturated heterocycles. The standard InChI is InChI=1S/C17H16N6O2/c1-3-23-13(6-10(2)21-23)16(24)20-17-19-12-7-11(9-18)8-14-15(12)22(17)4-5-25-14/h6-8H,3-5H2,1-2H3,(H,19,20,24). The molecule has 8 heteroatoms. The molecule has 0 fully saturated rings. The Morgan fingerprint density at radius 2 is 2.28 bits per heavy atom. The van der Waals surface area contributed by atoms with Gasteiger partial charge in [-0.25, -0.2) is 4.98 Å². The lowest BCUT2D eigenvalue weighted by molar-refractivity contribution is 0.101. The van der Waals surface area contributed by atoms with Gasteiger partial charge in [0.15, 0.2) is 0 Å². The highest BCUT2D eigenvalue weighted by Gasteiger charge is 2.22. The second-order valence-corrected chi connectivity index (χ2v) is 5.83. The second-order valence-electron chi connectivity index (χ2n) is 5.83. The zero-order chi connectivity index (χ0) is 17.6. The number of nitriles is 1. The molecule has 2 aromatic heterocycles. The molecule has 0 spiro atoms. The number of benzene rings is 1. The number of nitrogens with one attached hydrogen (secondary N) is 1. The van der Waals surface area contributed by atoms with E-state index in [1.807, 2.05) is 18.4 Å². The molecule has 0 unspecified atom stereocenters. The van der Waals surface area contributed by atoms with Crippen LogP contribution in [0.5, 0.6) is 5.75 Å². The molecule has 0 saturated carbocycles. The lowest BCUT2D eigenvalue weighted by Crippen LogP contribution is -2.22. The van der Waals surface area contributed by atoms with Gasteiger partial charge in [-0.2, -0.15) is 10.4 Å². The lowest BCUT2D eigenvalue weighted by Gasteiger charge is -2.18. The van der Waals surface area contributed by atoms with Crippen molar-refractivity contribution in [2.45, 2.75) is 26.9 Å². The molecule has 3 heterocycles. The number of hydrogen-bond donors (Lipinski definition) is 1. The first-order valence-electron chi connectivity index (χ1n) is 8.03. The summed E-state index contributed by atoms with van der Waals surface area (Å²) in [7, 11) is 0. The Kier molecular flexibility index (Phi) is 3.42. The van der Waals surface area contributed by atoms with E-state index in [0.717, 1.165) is 11.2 Å². The van der Waals surface area contributed by atoms with Crippen LogP contribution in [0.1, 0.15) is 28.7 Å². The van der Waals surface area contributed by atoms with Crippen molar-refractivity contribution in [1.82, 2.24) is 19.3 Å². The van der Waals surface area contributed by atoms with Crippen LogP contribution < -0.4 is 10.1 Å². The summed E-state index contributed by atoms with van der Waals surface area (Å²) in [5.41, 5.74) is 3.18. The van der Waals surface area contributed by atoms with Crippen molar-refractivity contribution in [3.05, 3.63) is 35.2 Å². The largest absolute Gasteiger partial charge is 0.489 e. The number of carbonyl (C=O) groups is 1. The molecule has 1 aromatic carbocycles. The summed E-state index contributed by atoms with van der Waals surface area (Å²) in [6.07, 6.45) is 0. The number of imidazole rings is 1. The van der Waals surface area contributed by atoms with Crippen molar-refractivity contribution in [3.63, 3.8) is 0 Å². The maximum Gasteiger partial charge on any atom is 0.276 e. The highest BCUT2D eigenvalue weighted by molar-refractivity contribution is 6.03.